The summed E-state index contributed by atoms with van der Waals surface area (Å²) < 4.78 is 7.74. The Morgan fingerprint density at radius 1 is 1.30 bits per heavy atom. The summed E-state index contributed by atoms with van der Waals surface area (Å²) in [6.45, 7) is 0.885. The molecule has 1 aliphatic carbocycles. The number of hydrogen-bond acceptors (Lipinski definition) is 3. The van der Waals surface area contributed by atoms with E-state index in [0.29, 0.717) is 12.5 Å². The summed E-state index contributed by atoms with van der Waals surface area (Å²) in [7, 11) is 0. The number of nitrogens with one attached hydrogen (secondary N) is 1. The first-order valence-electron chi connectivity index (χ1n) is 7.49. The van der Waals surface area contributed by atoms with Crippen molar-refractivity contribution in [3.05, 3.63) is 62.1 Å². The number of pyridine rings is 1. The number of rotatable bonds is 5. The van der Waals surface area contributed by atoms with Crippen molar-refractivity contribution in [1.82, 2.24) is 4.57 Å². The van der Waals surface area contributed by atoms with Crippen molar-refractivity contribution in [2.45, 2.75) is 26.0 Å². The number of ether oxygens (including phenoxy) is 1. The quantitative estimate of drug-likeness (QED) is 0.747. The van der Waals surface area contributed by atoms with Crippen molar-refractivity contribution < 1.29 is 9.53 Å². The minimum Gasteiger partial charge on any atom is -0.444 e. The van der Waals surface area contributed by atoms with Gasteiger partial charge in [0.1, 0.15) is 12.3 Å². The normalized spacial score (nSPS) is 13.6. The van der Waals surface area contributed by atoms with Gasteiger partial charge in [-0.25, -0.2) is 4.79 Å². The van der Waals surface area contributed by atoms with E-state index >= 15 is 0 Å². The number of halogens is 1. The molecular formula is C17H17IN2O3. The molecular weight excluding hydrogens is 407 g/mol. The fourth-order valence-corrected chi connectivity index (χ4v) is 2.92. The Morgan fingerprint density at radius 3 is 2.74 bits per heavy atom. The van der Waals surface area contributed by atoms with Gasteiger partial charge in [0, 0.05) is 16.3 Å². The van der Waals surface area contributed by atoms with E-state index in [0.717, 1.165) is 9.13 Å². The topological polar surface area (TPSA) is 60.3 Å². The number of benzene rings is 1. The molecule has 1 aromatic carbocycles. The van der Waals surface area contributed by atoms with Gasteiger partial charge in [-0.2, -0.15) is 0 Å². The largest absolute Gasteiger partial charge is 0.444 e. The molecule has 3 rings (SSSR count). The van der Waals surface area contributed by atoms with Crippen LogP contribution in [-0.2, 0) is 17.9 Å². The lowest BCUT2D eigenvalue weighted by Crippen LogP contribution is -2.27. The third kappa shape index (κ3) is 4.57. The maximum Gasteiger partial charge on any atom is 0.412 e. The highest BCUT2D eigenvalue weighted by molar-refractivity contribution is 14.1. The highest BCUT2D eigenvalue weighted by Crippen LogP contribution is 2.30. The first-order valence-corrected chi connectivity index (χ1v) is 8.57. The van der Waals surface area contributed by atoms with Gasteiger partial charge in [-0.05, 0) is 53.0 Å². The van der Waals surface area contributed by atoms with Crippen molar-refractivity contribution in [1.29, 1.82) is 0 Å². The Labute approximate surface area is 147 Å². The van der Waals surface area contributed by atoms with Gasteiger partial charge in [-0.15, -0.1) is 0 Å². The van der Waals surface area contributed by atoms with Crippen molar-refractivity contribution >= 4 is 34.4 Å². The smallest absolute Gasteiger partial charge is 0.412 e. The number of carbonyl (C=O) groups is 1. The van der Waals surface area contributed by atoms with Crippen LogP contribution in [0.3, 0.4) is 0 Å². The summed E-state index contributed by atoms with van der Waals surface area (Å²) in [6.07, 6.45) is 3.53. The van der Waals surface area contributed by atoms with E-state index in [1.165, 1.54) is 12.8 Å². The Kier molecular flexibility index (Phi) is 5.00. The van der Waals surface area contributed by atoms with Gasteiger partial charge in [0.15, 0.2) is 0 Å². The molecule has 1 aromatic heterocycles. The van der Waals surface area contributed by atoms with Gasteiger partial charge in [0.2, 0.25) is 0 Å². The number of hydrogen-bond donors (Lipinski definition) is 1. The SMILES string of the molecule is O=C(Nc1cc(I)cn(CC2CC2)c1=O)OCc1ccccc1. The third-order valence-corrected chi connectivity index (χ3v) is 4.24. The van der Waals surface area contributed by atoms with Crippen LogP contribution in [0.5, 0.6) is 0 Å². The summed E-state index contributed by atoms with van der Waals surface area (Å²) in [5.74, 6) is 0.587. The summed E-state index contributed by atoms with van der Waals surface area (Å²) in [4.78, 5) is 24.3. The van der Waals surface area contributed by atoms with Crippen molar-refractivity contribution in [2.24, 2.45) is 5.92 Å². The van der Waals surface area contributed by atoms with Crippen LogP contribution in [0.2, 0.25) is 0 Å². The van der Waals surface area contributed by atoms with Crippen molar-refractivity contribution in [3.63, 3.8) is 0 Å². The molecule has 0 aliphatic heterocycles. The Balaban J connectivity index is 1.65. The maximum atomic E-state index is 12.4. The number of anilines is 1. The molecule has 0 atom stereocenters. The minimum atomic E-state index is -0.620. The highest BCUT2D eigenvalue weighted by Gasteiger charge is 2.23. The second-order valence-electron chi connectivity index (χ2n) is 5.66. The fraction of sp³-hybridized carbons (Fsp3) is 0.294. The molecule has 23 heavy (non-hydrogen) atoms. The van der Waals surface area contributed by atoms with Gasteiger partial charge in [-0.1, -0.05) is 30.3 Å². The molecule has 0 bridgehead atoms. The van der Waals surface area contributed by atoms with Gasteiger partial charge in [0.05, 0.1) is 0 Å². The molecule has 1 fully saturated rings. The van der Waals surface area contributed by atoms with Gasteiger partial charge in [0.25, 0.3) is 5.56 Å². The van der Waals surface area contributed by atoms with Crippen molar-refractivity contribution in [2.75, 3.05) is 5.32 Å². The molecule has 2 aromatic rings. The van der Waals surface area contributed by atoms with E-state index in [1.54, 1.807) is 10.6 Å². The fourth-order valence-electron chi connectivity index (χ4n) is 2.27. The standard InChI is InChI=1S/C17H17IN2O3/c18-14-8-15(16(21)20(10-14)9-12-6-7-12)19-17(22)23-11-13-4-2-1-3-5-13/h1-5,8,10,12H,6-7,9,11H2,(H,19,22). The number of amides is 1. The molecule has 1 saturated carbocycles. The molecule has 0 spiro atoms. The molecule has 1 amide bonds. The summed E-state index contributed by atoms with van der Waals surface area (Å²) in [5, 5.41) is 2.56. The van der Waals surface area contributed by atoms with E-state index in [2.05, 4.69) is 27.9 Å². The summed E-state index contributed by atoms with van der Waals surface area (Å²) in [6, 6.07) is 11.1. The van der Waals surface area contributed by atoms with E-state index in [-0.39, 0.29) is 17.9 Å². The Bertz CT molecular complexity index is 754. The van der Waals surface area contributed by atoms with Crippen LogP contribution >= 0.6 is 22.6 Å². The average Bonchev–Trinajstić information content (AvgIpc) is 3.35. The second-order valence-corrected chi connectivity index (χ2v) is 6.91. The number of aromatic nitrogens is 1. The monoisotopic (exact) mass is 424 g/mol. The minimum absolute atomic E-state index is 0.173. The second kappa shape index (κ2) is 7.16. The van der Waals surface area contributed by atoms with E-state index < -0.39 is 6.09 Å². The van der Waals surface area contributed by atoms with E-state index in [4.69, 9.17) is 4.74 Å². The maximum absolute atomic E-state index is 12.4. The first kappa shape index (κ1) is 16.0. The van der Waals surface area contributed by atoms with Gasteiger partial charge >= 0.3 is 6.09 Å². The molecule has 120 valence electrons. The van der Waals surface area contributed by atoms with Crippen LogP contribution in [0.15, 0.2) is 47.4 Å². The zero-order valence-corrected chi connectivity index (χ0v) is 14.7. The zero-order chi connectivity index (χ0) is 16.2. The first-order chi connectivity index (χ1) is 11.1. The van der Waals surface area contributed by atoms with Crippen LogP contribution in [0.25, 0.3) is 0 Å². The van der Waals surface area contributed by atoms with Crippen LogP contribution in [-0.4, -0.2) is 10.7 Å². The lowest BCUT2D eigenvalue weighted by Gasteiger charge is -2.10. The Hall–Kier alpha value is -1.83. The molecule has 0 radical (unpaired) electrons. The molecule has 5 nitrogen and oxygen atoms in total. The molecule has 0 saturated heterocycles. The molecule has 1 aliphatic rings. The Morgan fingerprint density at radius 2 is 2.04 bits per heavy atom. The van der Waals surface area contributed by atoms with Crippen molar-refractivity contribution in [3.8, 4) is 0 Å². The molecule has 6 heteroatoms. The molecule has 1 N–H and O–H groups in total. The van der Waals surface area contributed by atoms with Crippen LogP contribution in [0.4, 0.5) is 10.5 Å². The third-order valence-electron chi connectivity index (χ3n) is 3.65. The summed E-state index contributed by atoms with van der Waals surface area (Å²) in [5.41, 5.74) is 0.973. The van der Waals surface area contributed by atoms with Gasteiger partial charge in [-0.3, -0.25) is 10.1 Å². The molecule has 1 heterocycles. The number of nitrogens with zero attached hydrogens (tertiary/aromatic N) is 1. The van der Waals surface area contributed by atoms with Crippen LogP contribution < -0.4 is 10.9 Å². The van der Waals surface area contributed by atoms with Crippen LogP contribution in [0, 0.1) is 9.49 Å². The van der Waals surface area contributed by atoms with Gasteiger partial charge < -0.3 is 9.30 Å². The van der Waals surface area contributed by atoms with E-state index in [9.17, 15) is 9.59 Å². The lowest BCUT2D eigenvalue weighted by molar-refractivity contribution is 0.155. The average molecular weight is 424 g/mol. The predicted molar refractivity (Wildman–Crippen MR) is 96.4 cm³/mol. The highest BCUT2D eigenvalue weighted by atomic mass is 127. The zero-order valence-electron chi connectivity index (χ0n) is 12.5. The molecule has 0 unspecified atom stereocenters. The summed E-state index contributed by atoms with van der Waals surface area (Å²) >= 11 is 2.14. The number of carbonyl (C=O) groups excluding carboxylic acids is 1. The lowest BCUT2D eigenvalue weighted by atomic mass is 10.2. The van der Waals surface area contributed by atoms with E-state index in [1.807, 2.05) is 36.5 Å². The van der Waals surface area contributed by atoms with Crippen LogP contribution in [0.1, 0.15) is 18.4 Å². The predicted octanol–water partition coefficient (Wildman–Crippen LogP) is 3.61.